The van der Waals surface area contributed by atoms with E-state index in [1.807, 2.05) is 0 Å². The van der Waals surface area contributed by atoms with Crippen LogP contribution in [-0.2, 0) is 33.4 Å². The number of esters is 4. The molecule has 0 spiro atoms. The molecular weight excluding hydrogens is 620 g/mol. The summed E-state index contributed by atoms with van der Waals surface area (Å²) in [6, 6.07) is 16.4. The van der Waals surface area contributed by atoms with Crippen molar-refractivity contribution in [3.8, 4) is 46.0 Å². The van der Waals surface area contributed by atoms with E-state index in [0.717, 1.165) is 12.2 Å². The van der Waals surface area contributed by atoms with Crippen LogP contribution < -0.4 is 18.9 Å². The summed E-state index contributed by atoms with van der Waals surface area (Å²) >= 11 is 0. The number of hydrogen-bond acceptors (Lipinski definition) is 11. The second-order valence-electron chi connectivity index (χ2n) is 9.65. The fraction of sp³-hybridized carbons (Fsp3) is 0.135. The van der Waals surface area contributed by atoms with E-state index in [1.165, 1.54) is 13.8 Å². The molecule has 0 aliphatic heterocycles. The predicted octanol–water partition coefficient (Wildman–Crippen LogP) is 5.82. The van der Waals surface area contributed by atoms with E-state index in [9.17, 15) is 19.2 Å². The standard InChI is InChI=1S/C37H32O11/c1-7-33(38)45-21-42-29-15-11-26(12-16-29)9-10-27-19-31(44-23-47-37(41)25(5)6)35(32(20-27)48-34(39)8-2)28-13-17-30(18-14-28)43-22-46-36(40)24(3)4/h7-8,11-20H,1-3,5,21-23H2,4,6H3. The quantitative estimate of drug-likeness (QED) is 0.0491. The van der Waals surface area contributed by atoms with Gasteiger partial charge in [0.2, 0.25) is 20.4 Å². The van der Waals surface area contributed by atoms with Crippen molar-refractivity contribution < 1.29 is 52.3 Å². The highest BCUT2D eigenvalue weighted by Gasteiger charge is 2.19. The Balaban J connectivity index is 1.96. The third-order valence-electron chi connectivity index (χ3n) is 5.90. The molecule has 0 aliphatic rings. The molecule has 0 atom stereocenters. The normalized spacial score (nSPS) is 9.79. The topological polar surface area (TPSA) is 133 Å². The summed E-state index contributed by atoms with van der Waals surface area (Å²) in [5.74, 6) is 4.49. The van der Waals surface area contributed by atoms with Crippen LogP contribution in [0.4, 0.5) is 0 Å². The maximum absolute atomic E-state index is 12.4. The molecule has 48 heavy (non-hydrogen) atoms. The molecule has 11 heteroatoms. The smallest absolute Gasteiger partial charge is 0.335 e. The van der Waals surface area contributed by atoms with Gasteiger partial charge in [-0.15, -0.1) is 0 Å². The van der Waals surface area contributed by atoms with Crippen LogP contribution in [0.2, 0.25) is 0 Å². The average Bonchev–Trinajstić information content (AvgIpc) is 3.07. The Bertz CT molecular complexity index is 1770. The van der Waals surface area contributed by atoms with Crippen LogP contribution in [0.5, 0.6) is 23.0 Å². The van der Waals surface area contributed by atoms with Crippen LogP contribution in [0.25, 0.3) is 11.1 Å². The molecule has 0 fully saturated rings. The highest BCUT2D eigenvalue weighted by atomic mass is 16.7. The molecule has 0 saturated carbocycles. The van der Waals surface area contributed by atoms with Crippen molar-refractivity contribution in [2.24, 2.45) is 0 Å². The second-order valence-corrected chi connectivity index (χ2v) is 9.65. The molecule has 3 aromatic carbocycles. The maximum Gasteiger partial charge on any atom is 0.335 e. The van der Waals surface area contributed by atoms with Gasteiger partial charge in [0, 0.05) is 34.4 Å². The van der Waals surface area contributed by atoms with E-state index in [0.29, 0.717) is 33.8 Å². The van der Waals surface area contributed by atoms with E-state index < -0.39 is 30.7 Å². The van der Waals surface area contributed by atoms with Gasteiger partial charge in [0.15, 0.2) is 0 Å². The summed E-state index contributed by atoms with van der Waals surface area (Å²) in [5, 5.41) is 0. The van der Waals surface area contributed by atoms with Crippen molar-refractivity contribution in [1.29, 1.82) is 0 Å². The van der Waals surface area contributed by atoms with E-state index in [2.05, 4.69) is 38.2 Å². The van der Waals surface area contributed by atoms with Crippen LogP contribution in [0, 0.1) is 11.8 Å². The van der Waals surface area contributed by atoms with E-state index >= 15 is 0 Å². The molecule has 0 bridgehead atoms. The summed E-state index contributed by atoms with van der Waals surface area (Å²) in [5.41, 5.74) is 2.28. The SMILES string of the molecule is C=CC(=O)OCOc1ccc(C#Cc2cc(OCOC(=O)C(=C)C)c(-c3ccc(OCOC(=O)C(=C)C)cc3)c(OC(=O)C=C)c2)cc1. The molecule has 3 rings (SSSR count). The number of rotatable bonds is 15. The van der Waals surface area contributed by atoms with Crippen molar-refractivity contribution in [2.45, 2.75) is 13.8 Å². The van der Waals surface area contributed by atoms with Crippen molar-refractivity contribution in [3.63, 3.8) is 0 Å². The second kappa shape index (κ2) is 17.8. The lowest BCUT2D eigenvalue weighted by molar-refractivity contribution is -0.146. The Morgan fingerprint density at radius 1 is 0.625 bits per heavy atom. The molecule has 0 heterocycles. The summed E-state index contributed by atoms with van der Waals surface area (Å²) in [7, 11) is 0. The zero-order chi connectivity index (χ0) is 35.1. The Hall–Kier alpha value is -6.54. The molecule has 0 aliphatic carbocycles. The van der Waals surface area contributed by atoms with Crippen LogP contribution in [0.15, 0.2) is 110 Å². The minimum atomic E-state index is -0.741. The van der Waals surface area contributed by atoms with E-state index in [4.69, 9.17) is 33.2 Å². The predicted molar refractivity (Wildman–Crippen MR) is 175 cm³/mol. The number of carbonyl (C=O) groups is 4. The minimum Gasteiger partial charge on any atom is -0.457 e. The zero-order valence-corrected chi connectivity index (χ0v) is 26.4. The Labute approximate surface area is 277 Å². The lowest BCUT2D eigenvalue weighted by Crippen LogP contribution is -2.12. The van der Waals surface area contributed by atoms with E-state index in [-0.39, 0.29) is 36.2 Å². The van der Waals surface area contributed by atoms with Crippen molar-refractivity contribution in [2.75, 3.05) is 20.4 Å². The molecule has 0 saturated heterocycles. The number of carbonyl (C=O) groups excluding carboxylic acids is 4. The van der Waals surface area contributed by atoms with Gasteiger partial charge < -0.3 is 33.2 Å². The van der Waals surface area contributed by atoms with Crippen LogP contribution in [-0.4, -0.2) is 44.3 Å². The molecule has 246 valence electrons. The molecule has 0 N–H and O–H groups in total. The number of hydrogen-bond donors (Lipinski definition) is 0. The van der Waals surface area contributed by atoms with E-state index in [1.54, 1.807) is 60.7 Å². The van der Waals surface area contributed by atoms with Gasteiger partial charge in [0.05, 0.1) is 5.56 Å². The van der Waals surface area contributed by atoms with Gasteiger partial charge in [-0.3, -0.25) is 0 Å². The van der Waals surface area contributed by atoms with Gasteiger partial charge in [-0.2, -0.15) is 0 Å². The molecule has 3 aromatic rings. The van der Waals surface area contributed by atoms with Gasteiger partial charge in [0.25, 0.3) is 0 Å². The summed E-state index contributed by atoms with van der Waals surface area (Å²) < 4.78 is 37.2. The maximum atomic E-state index is 12.4. The first-order valence-corrected chi connectivity index (χ1v) is 14.1. The lowest BCUT2D eigenvalue weighted by Gasteiger charge is -2.17. The van der Waals surface area contributed by atoms with Gasteiger partial charge in [-0.05, 0) is 67.9 Å². The third kappa shape index (κ3) is 11.1. The first kappa shape index (κ1) is 35.9. The Morgan fingerprint density at radius 2 is 1.10 bits per heavy atom. The third-order valence-corrected chi connectivity index (χ3v) is 5.90. The molecule has 0 aromatic heterocycles. The lowest BCUT2D eigenvalue weighted by atomic mass is 10.0. The van der Waals surface area contributed by atoms with Gasteiger partial charge in [-0.25, -0.2) is 19.2 Å². The Kier molecular flexibility index (Phi) is 13.3. The van der Waals surface area contributed by atoms with Crippen LogP contribution in [0.3, 0.4) is 0 Å². The fourth-order valence-corrected chi connectivity index (χ4v) is 3.55. The van der Waals surface area contributed by atoms with Crippen molar-refractivity contribution >= 4 is 23.9 Å². The first-order chi connectivity index (χ1) is 23.0. The van der Waals surface area contributed by atoms with Gasteiger partial charge >= 0.3 is 23.9 Å². The van der Waals surface area contributed by atoms with Crippen molar-refractivity contribution in [1.82, 2.24) is 0 Å². The summed E-state index contributed by atoms with van der Waals surface area (Å²) in [6.45, 7) is 15.8. The monoisotopic (exact) mass is 652 g/mol. The average molecular weight is 653 g/mol. The summed E-state index contributed by atoms with van der Waals surface area (Å²) in [6.07, 6.45) is 2.03. The minimum absolute atomic E-state index is 0.0785. The Morgan fingerprint density at radius 3 is 1.65 bits per heavy atom. The van der Waals surface area contributed by atoms with Crippen LogP contribution >= 0.6 is 0 Å². The van der Waals surface area contributed by atoms with Gasteiger partial charge in [-0.1, -0.05) is 50.3 Å². The molecule has 0 radical (unpaired) electrons. The zero-order valence-electron chi connectivity index (χ0n) is 26.4. The number of benzene rings is 3. The van der Waals surface area contributed by atoms with Crippen LogP contribution in [0.1, 0.15) is 25.0 Å². The largest absolute Gasteiger partial charge is 0.457 e. The molecular formula is C37H32O11. The molecule has 0 amide bonds. The van der Waals surface area contributed by atoms with Gasteiger partial charge in [0.1, 0.15) is 23.0 Å². The number of ether oxygens (including phenoxy) is 7. The molecule has 11 nitrogen and oxygen atoms in total. The highest BCUT2D eigenvalue weighted by Crippen LogP contribution is 2.40. The van der Waals surface area contributed by atoms with Crippen molar-refractivity contribution in [3.05, 3.63) is 121 Å². The first-order valence-electron chi connectivity index (χ1n) is 14.1. The fourth-order valence-electron chi connectivity index (χ4n) is 3.55. The molecule has 0 unspecified atom stereocenters. The summed E-state index contributed by atoms with van der Waals surface area (Å²) in [4.78, 5) is 47.2. The highest BCUT2D eigenvalue weighted by molar-refractivity contribution is 5.88.